The highest BCUT2D eigenvalue weighted by Gasteiger charge is 2.18. The predicted octanol–water partition coefficient (Wildman–Crippen LogP) is 7.27. The van der Waals surface area contributed by atoms with Gasteiger partial charge in [-0.15, -0.1) is 0 Å². The third kappa shape index (κ3) is 2.79. The first kappa shape index (κ1) is 18.0. The number of furan rings is 1. The summed E-state index contributed by atoms with van der Waals surface area (Å²) >= 11 is 0. The average Bonchev–Trinajstić information content (AvgIpc) is 3.53. The molecule has 7 rings (SSSR count). The fourth-order valence-corrected chi connectivity index (χ4v) is 4.51. The Hall–Kier alpha value is -4.64. The minimum absolute atomic E-state index is 0.724. The summed E-state index contributed by atoms with van der Waals surface area (Å²) in [5.74, 6) is 1.46. The Bertz CT molecular complexity index is 1800. The van der Waals surface area contributed by atoms with Gasteiger partial charge in [0.15, 0.2) is 0 Å². The predicted molar refractivity (Wildman–Crippen MR) is 130 cm³/mol. The molecule has 0 N–H and O–H groups in total. The van der Waals surface area contributed by atoms with Crippen LogP contribution in [0.15, 0.2) is 108 Å². The number of hydrogen-bond acceptors (Lipinski definition) is 4. The average molecular weight is 427 g/mol. The summed E-state index contributed by atoms with van der Waals surface area (Å²) in [6, 6.07) is 28.1. The summed E-state index contributed by atoms with van der Waals surface area (Å²) in [7, 11) is 0. The van der Waals surface area contributed by atoms with Crippen molar-refractivity contribution in [2.75, 3.05) is 0 Å². The van der Waals surface area contributed by atoms with Gasteiger partial charge in [0.2, 0.25) is 0 Å². The van der Waals surface area contributed by atoms with Crippen LogP contribution in [0.5, 0.6) is 11.5 Å². The minimum atomic E-state index is 0.724. The van der Waals surface area contributed by atoms with Crippen LogP contribution in [-0.4, -0.2) is 14.8 Å². The van der Waals surface area contributed by atoms with Crippen molar-refractivity contribution in [3.05, 3.63) is 104 Å². The Morgan fingerprint density at radius 2 is 1.73 bits per heavy atom. The maximum Gasteiger partial charge on any atom is 0.147 e. The molecule has 0 aliphatic rings. The highest BCUT2D eigenvalue weighted by Crippen LogP contribution is 2.43. The lowest BCUT2D eigenvalue weighted by Gasteiger charge is -2.11. The van der Waals surface area contributed by atoms with E-state index in [9.17, 15) is 0 Å². The lowest BCUT2D eigenvalue weighted by molar-refractivity contribution is 0.488. The summed E-state index contributed by atoms with van der Waals surface area (Å²) in [6.07, 6.45) is 5.49. The highest BCUT2D eigenvalue weighted by molar-refractivity contribution is 6.22. The topological polar surface area (TPSA) is 53.1 Å². The molecule has 0 bridgehead atoms. The van der Waals surface area contributed by atoms with Crippen LogP contribution in [-0.2, 0) is 0 Å². The summed E-state index contributed by atoms with van der Waals surface area (Å²) in [6.45, 7) is 0. The molecule has 5 heteroatoms. The van der Waals surface area contributed by atoms with Crippen molar-refractivity contribution in [3.8, 4) is 17.2 Å². The van der Waals surface area contributed by atoms with E-state index < -0.39 is 0 Å². The molecule has 0 saturated heterocycles. The summed E-state index contributed by atoms with van der Waals surface area (Å²) in [4.78, 5) is 4.66. The number of benzene rings is 4. The maximum atomic E-state index is 6.52. The van der Waals surface area contributed by atoms with Gasteiger partial charge in [0, 0.05) is 46.2 Å². The van der Waals surface area contributed by atoms with Crippen LogP contribution in [0.2, 0.25) is 0 Å². The molecular weight excluding hydrogens is 410 g/mol. The van der Waals surface area contributed by atoms with Gasteiger partial charge < -0.3 is 9.15 Å². The Morgan fingerprint density at radius 1 is 0.758 bits per heavy atom. The van der Waals surface area contributed by atoms with E-state index in [-0.39, 0.29) is 0 Å². The van der Waals surface area contributed by atoms with E-state index >= 15 is 0 Å². The van der Waals surface area contributed by atoms with Crippen LogP contribution in [0.3, 0.4) is 0 Å². The summed E-state index contributed by atoms with van der Waals surface area (Å²) in [5, 5.41) is 9.40. The third-order valence-electron chi connectivity index (χ3n) is 5.99. The third-order valence-corrected chi connectivity index (χ3v) is 5.99. The van der Waals surface area contributed by atoms with Gasteiger partial charge >= 0.3 is 0 Å². The van der Waals surface area contributed by atoms with Gasteiger partial charge in [0.1, 0.15) is 22.7 Å². The zero-order chi connectivity index (χ0) is 21.8. The van der Waals surface area contributed by atoms with Crippen molar-refractivity contribution in [3.63, 3.8) is 0 Å². The second-order valence-electron chi connectivity index (χ2n) is 7.96. The van der Waals surface area contributed by atoms with Crippen molar-refractivity contribution >= 4 is 43.6 Å². The molecule has 0 unspecified atom stereocenters. The van der Waals surface area contributed by atoms with Crippen molar-refractivity contribution in [2.45, 2.75) is 0 Å². The lowest BCUT2D eigenvalue weighted by atomic mass is 10.0. The molecule has 0 atom stereocenters. The van der Waals surface area contributed by atoms with E-state index in [0.717, 1.165) is 60.8 Å². The second-order valence-corrected chi connectivity index (χ2v) is 7.96. The quantitative estimate of drug-likeness (QED) is 0.278. The smallest absolute Gasteiger partial charge is 0.147 e. The molecule has 0 fully saturated rings. The van der Waals surface area contributed by atoms with E-state index in [0.29, 0.717) is 0 Å². The van der Waals surface area contributed by atoms with Crippen LogP contribution in [0.1, 0.15) is 0 Å². The first-order valence-corrected chi connectivity index (χ1v) is 10.7. The first-order chi connectivity index (χ1) is 16.3. The van der Waals surface area contributed by atoms with Gasteiger partial charge in [0.05, 0.1) is 16.6 Å². The zero-order valence-electron chi connectivity index (χ0n) is 17.5. The molecule has 3 heterocycles. The van der Waals surface area contributed by atoms with Gasteiger partial charge in [0.25, 0.3) is 0 Å². The van der Waals surface area contributed by atoms with E-state index in [1.54, 1.807) is 6.20 Å². The van der Waals surface area contributed by atoms with Crippen LogP contribution < -0.4 is 4.74 Å². The van der Waals surface area contributed by atoms with Gasteiger partial charge in [-0.25, -0.2) is 4.68 Å². The largest absolute Gasteiger partial charge is 0.456 e. The number of fused-ring (bicyclic) bond motifs is 7. The molecule has 0 spiro atoms. The Morgan fingerprint density at radius 3 is 2.67 bits per heavy atom. The second kappa shape index (κ2) is 6.93. The summed E-state index contributed by atoms with van der Waals surface area (Å²) < 4.78 is 14.7. The van der Waals surface area contributed by atoms with Gasteiger partial charge in [-0.3, -0.25) is 4.98 Å². The number of pyridine rings is 1. The van der Waals surface area contributed by atoms with Gasteiger partial charge in [-0.05, 0) is 42.5 Å². The van der Waals surface area contributed by atoms with Crippen LogP contribution in [0, 0.1) is 0 Å². The molecular formula is C28H17N3O2. The molecule has 0 aliphatic carbocycles. The fraction of sp³-hybridized carbons (Fsp3) is 0. The zero-order valence-corrected chi connectivity index (χ0v) is 17.5. The summed E-state index contributed by atoms with van der Waals surface area (Å²) in [5.41, 5.74) is 3.49. The number of para-hydroxylation sites is 1. The molecule has 33 heavy (non-hydrogen) atoms. The molecule has 4 aromatic carbocycles. The molecule has 0 aliphatic heterocycles. The molecule has 0 radical (unpaired) electrons. The van der Waals surface area contributed by atoms with Gasteiger partial charge in [-0.1, -0.05) is 36.4 Å². The minimum Gasteiger partial charge on any atom is -0.456 e. The Labute approximate surface area is 188 Å². The van der Waals surface area contributed by atoms with Crippen molar-refractivity contribution in [2.24, 2.45) is 0 Å². The van der Waals surface area contributed by atoms with Gasteiger partial charge in [-0.2, -0.15) is 5.10 Å². The number of hydrogen-bond donors (Lipinski definition) is 0. The first-order valence-electron chi connectivity index (χ1n) is 10.7. The fourth-order valence-electron chi connectivity index (χ4n) is 4.51. The van der Waals surface area contributed by atoms with Crippen LogP contribution >= 0.6 is 0 Å². The molecule has 7 aromatic rings. The molecule has 0 amide bonds. The number of aromatic nitrogens is 3. The SMILES string of the molecule is c1cc(Oc2cc3c(ccc4cccnc43)c3oc4ccccc4c23)cc(-n2cccn2)c1. The molecule has 0 saturated carbocycles. The van der Waals surface area contributed by atoms with E-state index in [1.165, 1.54) is 0 Å². The Balaban J connectivity index is 1.52. The van der Waals surface area contributed by atoms with Crippen LogP contribution in [0.4, 0.5) is 0 Å². The van der Waals surface area contributed by atoms with E-state index in [1.807, 2.05) is 71.7 Å². The monoisotopic (exact) mass is 427 g/mol. The normalized spacial score (nSPS) is 11.6. The highest BCUT2D eigenvalue weighted by atomic mass is 16.5. The van der Waals surface area contributed by atoms with Crippen molar-refractivity contribution in [1.82, 2.24) is 14.8 Å². The molecule has 156 valence electrons. The standard InChI is InChI=1S/C28H17N3O2/c1-2-10-24-22(9-1)26-25(32-20-8-3-7-19(16-20)31-15-5-14-30-31)17-23-21(28(26)33-24)12-11-18-6-4-13-29-27(18)23/h1-17H. The molecule has 3 aromatic heterocycles. The maximum absolute atomic E-state index is 6.52. The van der Waals surface area contributed by atoms with E-state index in [2.05, 4.69) is 40.4 Å². The van der Waals surface area contributed by atoms with Crippen molar-refractivity contribution in [1.29, 1.82) is 0 Å². The van der Waals surface area contributed by atoms with Crippen molar-refractivity contribution < 1.29 is 9.15 Å². The van der Waals surface area contributed by atoms with Crippen LogP contribution in [0.25, 0.3) is 49.3 Å². The Kier molecular flexibility index (Phi) is 3.78. The molecule has 5 nitrogen and oxygen atoms in total. The lowest BCUT2D eigenvalue weighted by Crippen LogP contribution is -1.94. The number of nitrogens with zero attached hydrogens (tertiary/aromatic N) is 3. The number of rotatable bonds is 3. The van der Waals surface area contributed by atoms with E-state index in [4.69, 9.17) is 9.15 Å². The number of ether oxygens (including phenoxy) is 1.